The molecule has 0 unspecified atom stereocenters. The van der Waals surface area contributed by atoms with Crippen LogP contribution in [-0.2, 0) is 10.5 Å². The van der Waals surface area contributed by atoms with Crippen molar-refractivity contribution in [3.8, 4) is 0 Å². The van der Waals surface area contributed by atoms with Gasteiger partial charge in [-0.05, 0) is 24.3 Å². The van der Waals surface area contributed by atoms with Crippen molar-refractivity contribution in [1.29, 1.82) is 0 Å². The SMILES string of the molecule is O=C(CNC(=O)c1ccco1)NCCSCc1ccco1. The van der Waals surface area contributed by atoms with Crippen molar-refractivity contribution in [2.75, 3.05) is 18.8 Å². The molecule has 0 saturated heterocycles. The van der Waals surface area contributed by atoms with E-state index in [1.807, 2.05) is 12.1 Å². The third kappa shape index (κ3) is 5.39. The number of thioether (sulfide) groups is 1. The molecule has 2 N–H and O–H groups in total. The lowest BCUT2D eigenvalue weighted by Crippen LogP contribution is -2.37. The van der Waals surface area contributed by atoms with Crippen LogP contribution in [0.4, 0.5) is 0 Å². The Bertz CT molecular complexity index is 552. The van der Waals surface area contributed by atoms with Gasteiger partial charge in [-0.2, -0.15) is 11.8 Å². The number of nitrogens with one attached hydrogen (secondary N) is 2. The molecule has 2 heterocycles. The van der Waals surface area contributed by atoms with Crippen LogP contribution in [0.3, 0.4) is 0 Å². The second-order valence-electron chi connectivity index (χ2n) is 4.14. The van der Waals surface area contributed by atoms with Gasteiger partial charge in [0.2, 0.25) is 5.91 Å². The van der Waals surface area contributed by atoms with Gasteiger partial charge in [-0.3, -0.25) is 9.59 Å². The molecule has 21 heavy (non-hydrogen) atoms. The van der Waals surface area contributed by atoms with Gasteiger partial charge in [0, 0.05) is 12.3 Å². The van der Waals surface area contributed by atoms with Gasteiger partial charge in [0.25, 0.3) is 5.91 Å². The summed E-state index contributed by atoms with van der Waals surface area (Å²) in [6, 6.07) is 6.92. The fourth-order valence-electron chi connectivity index (χ4n) is 1.55. The predicted molar refractivity (Wildman–Crippen MR) is 78.9 cm³/mol. The van der Waals surface area contributed by atoms with Crippen molar-refractivity contribution >= 4 is 23.6 Å². The van der Waals surface area contributed by atoms with E-state index in [0.29, 0.717) is 6.54 Å². The van der Waals surface area contributed by atoms with Crippen LogP contribution >= 0.6 is 11.8 Å². The van der Waals surface area contributed by atoms with Crippen LogP contribution in [0, 0.1) is 0 Å². The number of furan rings is 2. The fraction of sp³-hybridized carbons (Fsp3) is 0.286. The number of rotatable bonds is 8. The molecule has 0 aliphatic rings. The van der Waals surface area contributed by atoms with E-state index in [0.717, 1.165) is 17.3 Å². The molecule has 0 bridgehead atoms. The van der Waals surface area contributed by atoms with Gasteiger partial charge in [-0.1, -0.05) is 0 Å². The number of carbonyl (C=O) groups is 2. The molecule has 0 saturated carbocycles. The first-order valence-electron chi connectivity index (χ1n) is 6.44. The molecule has 2 aromatic rings. The Kier molecular flexibility index (Phi) is 5.96. The first-order chi connectivity index (χ1) is 10.3. The van der Waals surface area contributed by atoms with E-state index in [9.17, 15) is 9.59 Å². The van der Waals surface area contributed by atoms with Crippen LogP contribution < -0.4 is 10.6 Å². The van der Waals surface area contributed by atoms with E-state index in [1.165, 1.54) is 6.26 Å². The molecule has 6 nitrogen and oxygen atoms in total. The average Bonchev–Trinajstić information content (AvgIpc) is 3.17. The fourth-order valence-corrected chi connectivity index (χ4v) is 2.30. The first kappa shape index (κ1) is 15.2. The van der Waals surface area contributed by atoms with Gasteiger partial charge in [-0.15, -0.1) is 0 Å². The van der Waals surface area contributed by atoms with Gasteiger partial charge in [0.15, 0.2) is 5.76 Å². The summed E-state index contributed by atoms with van der Waals surface area (Å²) < 4.78 is 10.1. The number of carbonyl (C=O) groups excluding carboxylic acids is 2. The summed E-state index contributed by atoms with van der Waals surface area (Å²) in [5.74, 6) is 2.03. The molecule has 0 fully saturated rings. The number of hydrogen-bond donors (Lipinski definition) is 2. The summed E-state index contributed by atoms with van der Waals surface area (Å²) in [7, 11) is 0. The van der Waals surface area contributed by atoms with Crippen LogP contribution in [0.5, 0.6) is 0 Å². The van der Waals surface area contributed by atoms with Crippen molar-refractivity contribution in [3.63, 3.8) is 0 Å². The molecular formula is C14H16N2O4S. The minimum absolute atomic E-state index is 0.0671. The maximum atomic E-state index is 11.5. The predicted octanol–water partition coefficient (Wildman–Crippen LogP) is 1.65. The molecule has 0 aromatic carbocycles. The highest BCUT2D eigenvalue weighted by atomic mass is 32.2. The summed E-state index contributed by atoms with van der Waals surface area (Å²) >= 11 is 1.66. The van der Waals surface area contributed by atoms with Crippen LogP contribution in [-0.4, -0.2) is 30.7 Å². The standard InChI is InChI=1S/C14H16N2O4S/c17-13(9-16-14(18)12-4-2-7-20-12)15-5-8-21-10-11-3-1-6-19-11/h1-4,6-7H,5,8-10H2,(H,15,17)(H,16,18). The van der Waals surface area contributed by atoms with Crippen LogP contribution in [0.2, 0.25) is 0 Å². The summed E-state index contributed by atoms with van der Waals surface area (Å²) in [6.07, 6.45) is 3.05. The smallest absolute Gasteiger partial charge is 0.287 e. The summed E-state index contributed by atoms with van der Waals surface area (Å²) in [5.41, 5.74) is 0. The second-order valence-corrected chi connectivity index (χ2v) is 5.25. The van der Waals surface area contributed by atoms with Crippen molar-refractivity contribution in [3.05, 3.63) is 48.3 Å². The Morgan fingerprint density at radius 1 is 1.10 bits per heavy atom. The van der Waals surface area contributed by atoms with Gasteiger partial charge >= 0.3 is 0 Å². The van der Waals surface area contributed by atoms with Crippen molar-refractivity contribution in [1.82, 2.24) is 10.6 Å². The molecular weight excluding hydrogens is 292 g/mol. The van der Waals surface area contributed by atoms with E-state index < -0.39 is 5.91 Å². The Morgan fingerprint density at radius 3 is 2.62 bits per heavy atom. The summed E-state index contributed by atoms with van der Waals surface area (Å²) in [6.45, 7) is 0.475. The highest BCUT2D eigenvalue weighted by molar-refractivity contribution is 7.98. The zero-order valence-corrected chi connectivity index (χ0v) is 12.2. The van der Waals surface area contributed by atoms with Crippen molar-refractivity contribution < 1.29 is 18.4 Å². The number of hydrogen-bond acceptors (Lipinski definition) is 5. The minimum Gasteiger partial charge on any atom is -0.468 e. The van der Waals surface area contributed by atoms with Crippen LogP contribution in [0.15, 0.2) is 45.6 Å². The lowest BCUT2D eigenvalue weighted by atomic mass is 10.4. The Hall–Kier alpha value is -2.15. The maximum Gasteiger partial charge on any atom is 0.287 e. The van der Waals surface area contributed by atoms with Crippen LogP contribution in [0.25, 0.3) is 0 Å². The molecule has 2 aromatic heterocycles. The quantitative estimate of drug-likeness (QED) is 0.724. The maximum absolute atomic E-state index is 11.5. The lowest BCUT2D eigenvalue weighted by molar-refractivity contribution is -0.120. The van der Waals surface area contributed by atoms with E-state index >= 15 is 0 Å². The van der Waals surface area contributed by atoms with E-state index in [4.69, 9.17) is 8.83 Å². The molecule has 0 aliphatic carbocycles. The lowest BCUT2D eigenvalue weighted by Gasteiger charge is -2.05. The minimum atomic E-state index is -0.401. The molecule has 112 valence electrons. The zero-order chi connectivity index (χ0) is 14.9. The largest absolute Gasteiger partial charge is 0.468 e. The first-order valence-corrected chi connectivity index (χ1v) is 7.59. The van der Waals surface area contributed by atoms with Gasteiger partial charge in [-0.25, -0.2) is 0 Å². The Balaban J connectivity index is 1.52. The Labute approximate surface area is 126 Å². The summed E-state index contributed by atoms with van der Waals surface area (Å²) in [5, 5.41) is 5.21. The molecule has 2 amide bonds. The van der Waals surface area contributed by atoms with Gasteiger partial charge in [0.05, 0.1) is 24.8 Å². The van der Waals surface area contributed by atoms with Gasteiger partial charge < -0.3 is 19.5 Å². The molecule has 2 rings (SSSR count). The summed E-state index contributed by atoms with van der Waals surface area (Å²) in [4.78, 5) is 23.0. The molecule has 0 aliphatic heterocycles. The monoisotopic (exact) mass is 308 g/mol. The molecule has 0 radical (unpaired) electrons. The highest BCUT2D eigenvalue weighted by Gasteiger charge is 2.09. The Morgan fingerprint density at radius 2 is 1.90 bits per heavy atom. The van der Waals surface area contributed by atoms with E-state index in [2.05, 4.69) is 10.6 Å². The molecule has 0 atom stereocenters. The molecule has 7 heteroatoms. The van der Waals surface area contributed by atoms with E-state index in [-0.39, 0.29) is 18.2 Å². The normalized spacial score (nSPS) is 10.3. The van der Waals surface area contributed by atoms with Crippen LogP contribution in [0.1, 0.15) is 16.3 Å². The van der Waals surface area contributed by atoms with Crippen molar-refractivity contribution in [2.45, 2.75) is 5.75 Å². The number of amides is 2. The van der Waals surface area contributed by atoms with E-state index in [1.54, 1.807) is 30.2 Å². The second kappa shape index (κ2) is 8.21. The average molecular weight is 308 g/mol. The zero-order valence-electron chi connectivity index (χ0n) is 11.3. The van der Waals surface area contributed by atoms with Crippen molar-refractivity contribution in [2.24, 2.45) is 0 Å². The molecule has 0 spiro atoms. The topological polar surface area (TPSA) is 84.5 Å². The highest BCUT2D eigenvalue weighted by Crippen LogP contribution is 2.11. The van der Waals surface area contributed by atoms with Gasteiger partial charge in [0.1, 0.15) is 5.76 Å². The third-order valence-electron chi connectivity index (χ3n) is 2.55. The third-order valence-corrected chi connectivity index (χ3v) is 3.53.